The number of nitrogens with zero attached hydrogens (tertiary/aromatic N) is 2. The minimum atomic E-state index is -0.294. The van der Waals surface area contributed by atoms with Crippen molar-refractivity contribution in [3.63, 3.8) is 0 Å². The number of aromatic nitrogens is 2. The second-order valence-electron chi connectivity index (χ2n) is 8.39. The summed E-state index contributed by atoms with van der Waals surface area (Å²) in [5.74, 6) is 1.55. The molecule has 0 saturated carbocycles. The van der Waals surface area contributed by atoms with Crippen LogP contribution < -0.4 is 10.1 Å². The molecular weight excluding hydrogens is 422 g/mol. The molecule has 0 radical (unpaired) electrons. The number of nitrogens with one attached hydrogen (secondary N) is 1. The molecule has 0 aliphatic carbocycles. The van der Waals surface area contributed by atoms with Gasteiger partial charge in [-0.1, -0.05) is 42.1 Å². The van der Waals surface area contributed by atoms with Crippen LogP contribution in [-0.2, 0) is 22.6 Å². The molecule has 0 bridgehead atoms. The molecule has 2 aromatic carbocycles. The first kappa shape index (κ1) is 22.3. The Balaban J connectivity index is 1.61. The third kappa shape index (κ3) is 5.11. The number of fused-ring (bicyclic) bond motifs is 1. The second kappa shape index (κ2) is 9.30. The van der Waals surface area contributed by atoms with E-state index in [9.17, 15) is 4.79 Å². The van der Waals surface area contributed by atoms with Gasteiger partial charge < -0.3 is 14.8 Å². The molecule has 166 valence electrons. The van der Waals surface area contributed by atoms with Crippen LogP contribution in [0.15, 0.2) is 53.6 Å². The summed E-state index contributed by atoms with van der Waals surface area (Å²) in [5.41, 5.74) is 4.37. The van der Waals surface area contributed by atoms with Crippen LogP contribution in [0.25, 0.3) is 11.4 Å². The van der Waals surface area contributed by atoms with Crippen LogP contribution in [-0.4, -0.2) is 34.3 Å². The number of aryl methyl sites for hydroxylation is 1. The fourth-order valence-electron chi connectivity index (χ4n) is 3.56. The normalized spacial score (nSPS) is 14.5. The third-order valence-corrected chi connectivity index (χ3v) is 6.36. The molecule has 1 aliphatic rings. The van der Waals surface area contributed by atoms with E-state index >= 15 is 0 Å². The highest BCUT2D eigenvalue weighted by molar-refractivity contribution is 8.00. The number of carbonyl (C=O) groups is 1. The van der Waals surface area contributed by atoms with E-state index in [1.807, 2.05) is 55.5 Å². The lowest BCUT2D eigenvalue weighted by Gasteiger charge is -2.32. The van der Waals surface area contributed by atoms with Gasteiger partial charge in [-0.3, -0.25) is 4.79 Å². The number of carbonyl (C=O) groups excluding carboxylic acids is 1. The Labute approximate surface area is 192 Å². The monoisotopic (exact) mass is 449 g/mol. The van der Waals surface area contributed by atoms with Crippen molar-refractivity contribution in [1.29, 1.82) is 0 Å². The maximum absolute atomic E-state index is 12.6. The lowest BCUT2D eigenvalue weighted by Crippen LogP contribution is -2.33. The van der Waals surface area contributed by atoms with Gasteiger partial charge in [0, 0.05) is 23.2 Å². The topological polar surface area (TPSA) is 73.3 Å². The fourth-order valence-corrected chi connectivity index (χ4v) is 4.41. The Bertz CT molecular complexity index is 1150. The molecule has 1 N–H and O–H groups in total. The lowest BCUT2D eigenvalue weighted by molar-refractivity contribution is -0.113. The minimum absolute atomic E-state index is 0.0725. The van der Waals surface area contributed by atoms with Crippen LogP contribution in [0.2, 0.25) is 0 Å². The van der Waals surface area contributed by atoms with Gasteiger partial charge in [-0.2, -0.15) is 0 Å². The van der Waals surface area contributed by atoms with Crippen molar-refractivity contribution in [1.82, 2.24) is 9.97 Å². The molecule has 0 spiro atoms. The fraction of sp³-hybridized carbons (Fsp3) is 0.320. The summed E-state index contributed by atoms with van der Waals surface area (Å²) in [4.78, 5) is 22.3. The van der Waals surface area contributed by atoms with Gasteiger partial charge in [0.15, 0.2) is 5.82 Å². The predicted molar refractivity (Wildman–Crippen MR) is 127 cm³/mol. The molecule has 1 aliphatic heterocycles. The smallest absolute Gasteiger partial charge is 0.234 e. The van der Waals surface area contributed by atoms with Crippen molar-refractivity contribution < 1.29 is 14.3 Å². The third-order valence-electron chi connectivity index (χ3n) is 5.34. The summed E-state index contributed by atoms with van der Waals surface area (Å²) in [6.07, 6.45) is 0.685. The van der Waals surface area contributed by atoms with Crippen molar-refractivity contribution in [2.75, 3.05) is 18.2 Å². The number of anilines is 1. The van der Waals surface area contributed by atoms with Crippen molar-refractivity contribution in [3.8, 4) is 17.1 Å². The van der Waals surface area contributed by atoms with E-state index in [1.54, 1.807) is 7.11 Å². The molecule has 0 unspecified atom stereocenters. The van der Waals surface area contributed by atoms with E-state index in [4.69, 9.17) is 19.4 Å². The number of thioether (sulfide) groups is 1. The zero-order chi connectivity index (χ0) is 22.7. The SMILES string of the molecule is COc1cccc(-c2nc3c(c(SCC(=O)Nc4ccccc4C)n2)COC(C)(C)C3)c1. The summed E-state index contributed by atoms with van der Waals surface area (Å²) in [6.45, 7) is 6.53. The van der Waals surface area contributed by atoms with Crippen LogP contribution in [0.5, 0.6) is 5.75 Å². The van der Waals surface area contributed by atoms with E-state index in [1.165, 1.54) is 11.8 Å². The molecule has 32 heavy (non-hydrogen) atoms. The Morgan fingerprint density at radius 2 is 2.00 bits per heavy atom. The number of methoxy groups -OCH3 is 1. The zero-order valence-electron chi connectivity index (χ0n) is 18.8. The number of amides is 1. The molecule has 1 aromatic heterocycles. The number of ether oxygens (including phenoxy) is 2. The van der Waals surface area contributed by atoms with Gasteiger partial charge in [0.2, 0.25) is 5.91 Å². The summed E-state index contributed by atoms with van der Waals surface area (Å²) >= 11 is 1.41. The van der Waals surface area contributed by atoms with Crippen molar-refractivity contribution in [2.45, 2.75) is 44.4 Å². The van der Waals surface area contributed by atoms with Crippen molar-refractivity contribution >= 4 is 23.4 Å². The van der Waals surface area contributed by atoms with Gasteiger partial charge in [-0.05, 0) is 44.5 Å². The van der Waals surface area contributed by atoms with E-state index in [-0.39, 0.29) is 17.3 Å². The van der Waals surface area contributed by atoms with E-state index in [0.29, 0.717) is 18.9 Å². The summed E-state index contributed by atoms with van der Waals surface area (Å²) in [7, 11) is 1.64. The van der Waals surface area contributed by atoms with Crippen LogP contribution >= 0.6 is 11.8 Å². The molecule has 0 saturated heterocycles. The molecule has 7 heteroatoms. The Kier molecular flexibility index (Phi) is 6.48. The quantitative estimate of drug-likeness (QED) is 0.420. The lowest BCUT2D eigenvalue weighted by atomic mass is 9.96. The molecule has 4 rings (SSSR count). The Morgan fingerprint density at radius 1 is 1.19 bits per heavy atom. The number of hydrogen-bond donors (Lipinski definition) is 1. The zero-order valence-corrected chi connectivity index (χ0v) is 19.6. The minimum Gasteiger partial charge on any atom is -0.497 e. The summed E-state index contributed by atoms with van der Waals surface area (Å²) in [5, 5.41) is 3.76. The van der Waals surface area contributed by atoms with Crippen LogP contribution in [0, 0.1) is 6.92 Å². The van der Waals surface area contributed by atoms with Crippen LogP contribution in [0.4, 0.5) is 5.69 Å². The van der Waals surface area contributed by atoms with E-state index < -0.39 is 0 Å². The summed E-state index contributed by atoms with van der Waals surface area (Å²) < 4.78 is 11.4. The highest BCUT2D eigenvalue weighted by atomic mass is 32.2. The predicted octanol–water partition coefficient (Wildman–Crippen LogP) is 5.04. The second-order valence-corrected chi connectivity index (χ2v) is 9.35. The van der Waals surface area contributed by atoms with Crippen LogP contribution in [0.3, 0.4) is 0 Å². The first-order valence-electron chi connectivity index (χ1n) is 10.5. The van der Waals surface area contributed by atoms with Crippen molar-refractivity contribution in [3.05, 3.63) is 65.4 Å². The van der Waals surface area contributed by atoms with Crippen LogP contribution in [0.1, 0.15) is 30.7 Å². The Morgan fingerprint density at radius 3 is 2.78 bits per heavy atom. The summed E-state index contributed by atoms with van der Waals surface area (Å²) in [6, 6.07) is 15.4. The average Bonchev–Trinajstić information content (AvgIpc) is 2.78. The van der Waals surface area contributed by atoms with E-state index in [2.05, 4.69) is 19.2 Å². The van der Waals surface area contributed by atoms with E-state index in [0.717, 1.165) is 38.8 Å². The number of rotatable bonds is 6. The van der Waals surface area contributed by atoms with Gasteiger partial charge in [-0.15, -0.1) is 0 Å². The molecule has 0 fully saturated rings. The maximum atomic E-state index is 12.6. The van der Waals surface area contributed by atoms with Gasteiger partial charge in [0.05, 0.1) is 30.8 Å². The first-order valence-corrected chi connectivity index (χ1v) is 11.5. The van der Waals surface area contributed by atoms with Gasteiger partial charge >= 0.3 is 0 Å². The molecule has 0 atom stereocenters. The highest BCUT2D eigenvalue weighted by Gasteiger charge is 2.30. The van der Waals surface area contributed by atoms with Gasteiger partial charge in [0.1, 0.15) is 10.8 Å². The maximum Gasteiger partial charge on any atom is 0.234 e. The number of hydrogen-bond acceptors (Lipinski definition) is 6. The first-order chi connectivity index (χ1) is 15.3. The molecule has 6 nitrogen and oxygen atoms in total. The standard InChI is InChI=1S/C25H27N3O3S/c1-16-8-5-6-11-20(16)26-22(29)15-32-24-19-14-31-25(2,3)13-21(19)27-23(28-24)17-9-7-10-18(12-17)30-4/h5-12H,13-15H2,1-4H3,(H,26,29). The molecular formula is C25H27N3O3S. The Hall–Kier alpha value is -2.90. The number of benzene rings is 2. The number of para-hydroxylation sites is 1. The molecule has 2 heterocycles. The van der Waals surface area contributed by atoms with Gasteiger partial charge in [0.25, 0.3) is 0 Å². The average molecular weight is 450 g/mol. The highest BCUT2D eigenvalue weighted by Crippen LogP contribution is 2.34. The largest absolute Gasteiger partial charge is 0.497 e. The molecule has 1 amide bonds. The van der Waals surface area contributed by atoms with Crippen molar-refractivity contribution in [2.24, 2.45) is 0 Å². The molecule has 3 aromatic rings. The van der Waals surface area contributed by atoms with Gasteiger partial charge in [-0.25, -0.2) is 9.97 Å².